The number of benzene rings is 2. The highest BCUT2D eigenvalue weighted by Gasteiger charge is 2.43. The molecule has 0 spiro atoms. The van der Waals surface area contributed by atoms with E-state index in [0.717, 1.165) is 21.9 Å². The van der Waals surface area contributed by atoms with Crippen molar-refractivity contribution in [2.75, 3.05) is 5.75 Å². The van der Waals surface area contributed by atoms with Crippen LogP contribution in [0.3, 0.4) is 0 Å². The van der Waals surface area contributed by atoms with Crippen molar-refractivity contribution >= 4 is 46.7 Å². The average Bonchev–Trinajstić information content (AvgIpc) is 2.96. The lowest BCUT2D eigenvalue weighted by molar-refractivity contribution is -0.129. The fourth-order valence-corrected chi connectivity index (χ4v) is 5.85. The van der Waals surface area contributed by atoms with Crippen molar-refractivity contribution in [2.24, 2.45) is 11.0 Å². The third-order valence-electron chi connectivity index (χ3n) is 4.39. The van der Waals surface area contributed by atoms with Crippen molar-refractivity contribution in [3.63, 3.8) is 0 Å². The summed E-state index contributed by atoms with van der Waals surface area (Å²) in [4.78, 5) is 14.5. The molecular formula is C19H17ClN2OS2. The summed E-state index contributed by atoms with van der Waals surface area (Å²) in [7, 11) is 0. The van der Waals surface area contributed by atoms with Gasteiger partial charge in [-0.05, 0) is 37.3 Å². The summed E-state index contributed by atoms with van der Waals surface area (Å²) in [6, 6.07) is 14.3. The van der Waals surface area contributed by atoms with Gasteiger partial charge in [-0.1, -0.05) is 41.1 Å². The van der Waals surface area contributed by atoms with Gasteiger partial charge in [-0.3, -0.25) is 4.79 Å². The number of rotatable bonds is 2. The number of carbonyl (C=O) groups excluding carboxylic acids is 1. The van der Waals surface area contributed by atoms with Crippen LogP contribution in [-0.4, -0.2) is 27.8 Å². The Labute approximate surface area is 160 Å². The topological polar surface area (TPSA) is 32.7 Å². The summed E-state index contributed by atoms with van der Waals surface area (Å²) in [5.41, 5.74) is 3.27. The molecule has 2 heterocycles. The van der Waals surface area contributed by atoms with Crippen LogP contribution in [0.4, 0.5) is 0 Å². The Bertz CT molecular complexity index is 866. The zero-order valence-electron chi connectivity index (χ0n) is 13.9. The molecule has 4 rings (SSSR count). The Morgan fingerprint density at radius 1 is 1.28 bits per heavy atom. The predicted molar refractivity (Wildman–Crippen MR) is 106 cm³/mol. The standard InChI is InChI=1S/C19H17ClN2OS2/c1-11-3-6-14(7-4-11)25-19-16-10-24-17-8-5-13(20)9-15(17)18(16)21-22(19)12(2)23/h3-9,16,19H,10H2,1-2H3/t16-,19+/m1/s1. The zero-order chi connectivity index (χ0) is 17.6. The summed E-state index contributed by atoms with van der Waals surface area (Å²) in [5, 5.41) is 7.02. The van der Waals surface area contributed by atoms with Crippen LogP contribution < -0.4 is 0 Å². The van der Waals surface area contributed by atoms with Crippen molar-refractivity contribution in [2.45, 2.75) is 29.0 Å². The lowest BCUT2D eigenvalue weighted by Gasteiger charge is -2.28. The molecule has 128 valence electrons. The Morgan fingerprint density at radius 3 is 2.76 bits per heavy atom. The summed E-state index contributed by atoms with van der Waals surface area (Å²) >= 11 is 9.72. The minimum Gasteiger partial charge on any atom is -0.273 e. The van der Waals surface area contributed by atoms with Crippen LogP contribution in [0.5, 0.6) is 0 Å². The quantitative estimate of drug-likeness (QED) is 0.721. The molecule has 3 nitrogen and oxygen atoms in total. The van der Waals surface area contributed by atoms with Crippen molar-refractivity contribution in [3.8, 4) is 0 Å². The second kappa shape index (κ2) is 6.71. The maximum Gasteiger partial charge on any atom is 0.240 e. The minimum atomic E-state index is -0.0277. The first-order valence-corrected chi connectivity index (χ1v) is 10.3. The molecule has 0 bridgehead atoms. The number of hydrogen-bond acceptors (Lipinski definition) is 4. The Hall–Kier alpha value is -1.43. The van der Waals surface area contributed by atoms with Gasteiger partial charge in [0.2, 0.25) is 5.91 Å². The first-order valence-electron chi connectivity index (χ1n) is 8.07. The molecule has 1 amide bonds. The van der Waals surface area contributed by atoms with E-state index in [2.05, 4.69) is 31.2 Å². The Kier molecular flexibility index (Phi) is 4.56. The van der Waals surface area contributed by atoms with Crippen LogP contribution in [0.1, 0.15) is 18.1 Å². The van der Waals surface area contributed by atoms with E-state index in [1.807, 2.05) is 30.0 Å². The number of hydrogen-bond donors (Lipinski definition) is 0. The van der Waals surface area contributed by atoms with E-state index in [4.69, 9.17) is 16.7 Å². The molecule has 2 aromatic carbocycles. The number of nitrogens with zero attached hydrogens (tertiary/aromatic N) is 2. The molecule has 0 aliphatic carbocycles. The predicted octanol–water partition coefficient (Wildman–Crippen LogP) is 5.05. The minimum absolute atomic E-state index is 0.0187. The molecule has 6 heteroatoms. The van der Waals surface area contributed by atoms with Gasteiger partial charge in [-0.15, -0.1) is 11.8 Å². The summed E-state index contributed by atoms with van der Waals surface area (Å²) in [6.07, 6.45) is 0. The molecule has 2 aromatic rings. The molecule has 2 aliphatic heterocycles. The number of thioether (sulfide) groups is 2. The van der Waals surface area contributed by atoms with Crippen molar-refractivity contribution in [1.82, 2.24) is 5.01 Å². The molecule has 2 aliphatic rings. The lowest BCUT2D eigenvalue weighted by atomic mass is 9.98. The molecule has 25 heavy (non-hydrogen) atoms. The van der Waals surface area contributed by atoms with E-state index in [1.54, 1.807) is 23.7 Å². The highest BCUT2D eigenvalue weighted by Crippen LogP contribution is 2.45. The zero-order valence-corrected chi connectivity index (χ0v) is 16.3. The van der Waals surface area contributed by atoms with Crippen LogP contribution in [-0.2, 0) is 4.79 Å². The normalized spacial score (nSPS) is 21.6. The fourth-order valence-electron chi connectivity index (χ4n) is 3.11. The molecule has 0 aromatic heterocycles. The molecule has 0 unspecified atom stereocenters. The largest absolute Gasteiger partial charge is 0.273 e. The molecule has 2 atom stereocenters. The van der Waals surface area contributed by atoms with E-state index in [1.165, 1.54) is 10.5 Å². The second-order valence-electron chi connectivity index (χ2n) is 6.23. The van der Waals surface area contributed by atoms with Gasteiger partial charge in [-0.2, -0.15) is 5.10 Å². The lowest BCUT2D eigenvalue weighted by Crippen LogP contribution is -2.35. The van der Waals surface area contributed by atoms with Crippen molar-refractivity contribution in [3.05, 3.63) is 58.6 Å². The van der Waals surface area contributed by atoms with E-state index in [9.17, 15) is 4.79 Å². The molecule has 0 saturated heterocycles. The third-order valence-corrected chi connectivity index (χ3v) is 7.13. The Balaban J connectivity index is 1.70. The average molecular weight is 389 g/mol. The summed E-state index contributed by atoms with van der Waals surface area (Å²) < 4.78 is 0. The summed E-state index contributed by atoms with van der Waals surface area (Å²) in [6.45, 7) is 3.65. The maximum atomic E-state index is 12.2. The molecule has 0 N–H and O–H groups in total. The van der Waals surface area contributed by atoms with E-state index in [-0.39, 0.29) is 17.2 Å². The van der Waals surface area contributed by atoms with Gasteiger partial charge in [0.25, 0.3) is 0 Å². The van der Waals surface area contributed by atoms with Gasteiger partial charge >= 0.3 is 0 Å². The van der Waals surface area contributed by atoms with Crippen LogP contribution in [0, 0.1) is 12.8 Å². The van der Waals surface area contributed by atoms with Gasteiger partial charge in [0.1, 0.15) is 5.37 Å². The van der Waals surface area contributed by atoms with Crippen molar-refractivity contribution in [1.29, 1.82) is 0 Å². The number of fused-ring (bicyclic) bond motifs is 3. The van der Waals surface area contributed by atoms with Gasteiger partial charge in [0.15, 0.2) is 0 Å². The third kappa shape index (κ3) is 3.21. The molecule has 0 radical (unpaired) electrons. The van der Waals surface area contributed by atoms with Gasteiger partial charge in [-0.25, -0.2) is 5.01 Å². The van der Waals surface area contributed by atoms with E-state index >= 15 is 0 Å². The molecule has 0 saturated carbocycles. The maximum absolute atomic E-state index is 12.2. The van der Waals surface area contributed by atoms with Crippen molar-refractivity contribution < 1.29 is 4.79 Å². The number of aryl methyl sites for hydroxylation is 1. The van der Waals surface area contributed by atoms with Crippen LogP contribution in [0.2, 0.25) is 5.02 Å². The SMILES string of the molecule is CC(=O)N1N=C2c3cc(Cl)ccc3SC[C@H]2[C@@H]1Sc1ccc(C)cc1. The molecule has 0 fully saturated rings. The Morgan fingerprint density at radius 2 is 2.04 bits per heavy atom. The number of amides is 1. The highest BCUT2D eigenvalue weighted by atomic mass is 35.5. The smallest absolute Gasteiger partial charge is 0.240 e. The van der Waals surface area contributed by atoms with E-state index in [0.29, 0.717) is 5.02 Å². The first kappa shape index (κ1) is 17.0. The van der Waals surface area contributed by atoms with E-state index < -0.39 is 0 Å². The fraction of sp³-hybridized carbons (Fsp3) is 0.263. The summed E-state index contributed by atoms with van der Waals surface area (Å²) in [5.74, 6) is 1.09. The number of halogens is 1. The van der Waals surface area contributed by atoms with Crippen LogP contribution >= 0.6 is 35.1 Å². The first-order chi connectivity index (χ1) is 12.0. The monoisotopic (exact) mass is 388 g/mol. The molecular weight excluding hydrogens is 372 g/mol. The van der Waals surface area contributed by atoms with Gasteiger partial charge < -0.3 is 0 Å². The van der Waals surface area contributed by atoms with Crippen LogP contribution in [0.25, 0.3) is 0 Å². The van der Waals surface area contributed by atoms with Gasteiger partial charge in [0.05, 0.1) is 5.71 Å². The van der Waals surface area contributed by atoms with Crippen LogP contribution in [0.15, 0.2) is 57.4 Å². The number of hydrazone groups is 1. The number of carbonyl (C=O) groups is 1. The highest BCUT2D eigenvalue weighted by molar-refractivity contribution is 8.00. The second-order valence-corrected chi connectivity index (χ2v) is 8.92. The van der Waals surface area contributed by atoms with Gasteiger partial charge in [0, 0.05) is 39.0 Å².